The van der Waals surface area contributed by atoms with Crippen LogP contribution in [0.5, 0.6) is 5.75 Å². The van der Waals surface area contributed by atoms with Crippen molar-refractivity contribution in [2.75, 3.05) is 33.2 Å². The Bertz CT molecular complexity index is 562. The standard InChI is InChI=1S/C19H30F2N4O/c1-15(14-25-10-6-3-7-11-25)12-23-19(22-2)24-13-16-8-4-5-9-17(16)26-18(20)21/h4-5,8-9,15,18H,3,6-7,10-14H2,1-2H3,(H2,22,23,24). The molecule has 0 spiro atoms. The minimum absolute atomic E-state index is 0.184. The van der Waals surface area contributed by atoms with Crippen molar-refractivity contribution in [1.29, 1.82) is 0 Å². The van der Waals surface area contributed by atoms with Crippen molar-refractivity contribution in [3.05, 3.63) is 29.8 Å². The highest BCUT2D eigenvalue weighted by atomic mass is 19.3. The van der Waals surface area contributed by atoms with E-state index >= 15 is 0 Å². The zero-order valence-corrected chi connectivity index (χ0v) is 15.7. The number of rotatable bonds is 8. The first-order valence-electron chi connectivity index (χ1n) is 9.28. The van der Waals surface area contributed by atoms with Crippen LogP contribution in [0.25, 0.3) is 0 Å². The van der Waals surface area contributed by atoms with Gasteiger partial charge in [-0.05, 0) is 37.9 Å². The average Bonchev–Trinajstić information content (AvgIpc) is 2.63. The first-order valence-corrected chi connectivity index (χ1v) is 9.28. The lowest BCUT2D eigenvalue weighted by Gasteiger charge is -2.29. The summed E-state index contributed by atoms with van der Waals surface area (Å²) in [7, 11) is 1.70. The normalized spacial score (nSPS) is 17.2. The lowest BCUT2D eigenvalue weighted by Crippen LogP contribution is -2.42. The van der Waals surface area contributed by atoms with Crippen LogP contribution in [0.15, 0.2) is 29.3 Å². The minimum Gasteiger partial charge on any atom is -0.434 e. The van der Waals surface area contributed by atoms with Gasteiger partial charge in [-0.3, -0.25) is 4.99 Å². The predicted octanol–water partition coefficient (Wildman–Crippen LogP) is 3.08. The molecule has 1 aromatic carbocycles. The molecule has 1 aliphatic rings. The van der Waals surface area contributed by atoms with Gasteiger partial charge < -0.3 is 20.3 Å². The maximum absolute atomic E-state index is 12.5. The van der Waals surface area contributed by atoms with Gasteiger partial charge in [0.2, 0.25) is 0 Å². The first kappa shape index (κ1) is 20.4. The minimum atomic E-state index is -2.83. The summed E-state index contributed by atoms with van der Waals surface area (Å²) >= 11 is 0. The third-order valence-corrected chi connectivity index (χ3v) is 4.50. The van der Waals surface area contributed by atoms with Crippen molar-refractivity contribution in [3.8, 4) is 5.75 Å². The van der Waals surface area contributed by atoms with Gasteiger partial charge in [-0.2, -0.15) is 8.78 Å². The second kappa shape index (κ2) is 11.0. The van der Waals surface area contributed by atoms with E-state index in [9.17, 15) is 8.78 Å². The molecular formula is C19H30F2N4O. The molecule has 0 radical (unpaired) electrons. The molecule has 2 N–H and O–H groups in total. The highest BCUT2D eigenvalue weighted by molar-refractivity contribution is 5.79. The molecule has 1 unspecified atom stereocenters. The SMILES string of the molecule is CN=C(NCc1ccccc1OC(F)F)NCC(C)CN1CCCCC1. The summed E-state index contributed by atoms with van der Waals surface area (Å²) in [6, 6.07) is 6.78. The molecule has 0 aromatic heterocycles. The fourth-order valence-electron chi connectivity index (χ4n) is 3.18. The Kier molecular flexibility index (Phi) is 8.61. The third-order valence-electron chi connectivity index (χ3n) is 4.50. The molecule has 5 nitrogen and oxygen atoms in total. The van der Waals surface area contributed by atoms with Crippen LogP contribution in [-0.2, 0) is 6.54 Å². The van der Waals surface area contributed by atoms with E-state index in [1.54, 1.807) is 31.3 Å². The summed E-state index contributed by atoms with van der Waals surface area (Å²) in [6.45, 7) is 4.03. The molecule has 0 aliphatic carbocycles. The van der Waals surface area contributed by atoms with Crippen molar-refractivity contribution in [2.45, 2.75) is 39.3 Å². The van der Waals surface area contributed by atoms with Gasteiger partial charge in [-0.25, -0.2) is 0 Å². The molecule has 0 amide bonds. The summed E-state index contributed by atoms with van der Waals surface area (Å²) in [6.07, 6.45) is 3.93. The Morgan fingerprint density at radius 1 is 1.19 bits per heavy atom. The summed E-state index contributed by atoms with van der Waals surface area (Å²) in [5, 5.41) is 6.47. The lowest BCUT2D eigenvalue weighted by molar-refractivity contribution is -0.0504. The number of aliphatic imine (C=N–C) groups is 1. The van der Waals surface area contributed by atoms with Gasteiger partial charge in [0.15, 0.2) is 5.96 Å². The summed E-state index contributed by atoms with van der Waals surface area (Å²) < 4.78 is 29.5. The number of halogens is 2. The fraction of sp³-hybridized carbons (Fsp3) is 0.632. The van der Waals surface area contributed by atoms with Crippen LogP contribution < -0.4 is 15.4 Å². The molecule has 1 atom stereocenters. The van der Waals surface area contributed by atoms with Gasteiger partial charge in [0.25, 0.3) is 0 Å². The maximum atomic E-state index is 12.5. The topological polar surface area (TPSA) is 48.9 Å². The number of hydrogen-bond donors (Lipinski definition) is 2. The molecular weight excluding hydrogens is 338 g/mol. The van der Waals surface area contributed by atoms with E-state index in [4.69, 9.17) is 0 Å². The number of piperidine rings is 1. The summed E-state index contributed by atoms with van der Waals surface area (Å²) in [5.74, 6) is 1.34. The van der Waals surface area contributed by atoms with Gasteiger partial charge in [0, 0.05) is 32.2 Å². The molecule has 0 saturated carbocycles. The second-order valence-corrected chi connectivity index (χ2v) is 6.76. The molecule has 1 saturated heterocycles. The largest absolute Gasteiger partial charge is 0.434 e. The van der Waals surface area contributed by atoms with Crippen molar-refractivity contribution >= 4 is 5.96 Å². The van der Waals surface area contributed by atoms with Crippen LogP contribution in [0, 0.1) is 5.92 Å². The van der Waals surface area contributed by atoms with Gasteiger partial charge in [0.1, 0.15) is 5.75 Å². The number of para-hydroxylation sites is 1. The quantitative estimate of drug-likeness (QED) is 0.547. The zero-order valence-electron chi connectivity index (χ0n) is 15.7. The molecule has 1 heterocycles. The Labute approximate surface area is 154 Å². The van der Waals surface area contributed by atoms with Gasteiger partial charge in [0.05, 0.1) is 0 Å². The average molecular weight is 368 g/mol. The summed E-state index contributed by atoms with van der Waals surface area (Å²) in [4.78, 5) is 6.72. The van der Waals surface area contributed by atoms with Crippen molar-refractivity contribution < 1.29 is 13.5 Å². The molecule has 1 aliphatic heterocycles. The van der Waals surface area contributed by atoms with Gasteiger partial charge >= 0.3 is 6.61 Å². The van der Waals surface area contributed by atoms with Crippen molar-refractivity contribution in [2.24, 2.45) is 10.9 Å². The van der Waals surface area contributed by atoms with E-state index in [0.717, 1.165) is 13.1 Å². The monoisotopic (exact) mass is 368 g/mol. The highest BCUT2D eigenvalue weighted by Crippen LogP contribution is 2.19. The third kappa shape index (κ3) is 7.15. The summed E-state index contributed by atoms with van der Waals surface area (Å²) in [5.41, 5.74) is 0.664. The van der Waals surface area contributed by atoms with Gasteiger partial charge in [-0.1, -0.05) is 31.5 Å². The Balaban J connectivity index is 1.77. The molecule has 1 aromatic rings. The van der Waals surface area contributed by atoms with Crippen molar-refractivity contribution in [1.82, 2.24) is 15.5 Å². The van der Waals surface area contributed by atoms with Crippen molar-refractivity contribution in [3.63, 3.8) is 0 Å². The van der Waals surface area contributed by atoms with Crippen LogP contribution in [0.3, 0.4) is 0 Å². The number of alkyl halides is 2. The molecule has 146 valence electrons. The van der Waals surface area contributed by atoms with Crippen LogP contribution in [0.1, 0.15) is 31.7 Å². The Morgan fingerprint density at radius 2 is 1.92 bits per heavy atom. The number of nitrogens with one attached hydrogen (secondary N) is 2. The van der Waals surface area contributed by atoms with Crippen LogP contribution >= 0.6 is 0 Å². The molecule has 7 heteroatoms. The molecule has 2 rings (SSSR count). The second-order valence-electron chi connectivity index (χ2n) is 6.76. The number of guanidine groups is 1. The lowest BCUT2D eigenvalue weighted by atomic mass is 10.1. The molecule has 1 fully saturated rings. The highest BCUT2D eigenvalue weighted by Gasteiger charge is 2.14. The van der Waals surface area contributed by atoms with E-state index < -0.39 is 6.61 Å². The zero-order chi connectivity index (χ0) is 18.8. The Morgan fingerprint density at radius 3 is 2.62 bits per heavy atom. The van der Waals surface area contributed by atoms with E-state index in [0.29, 0.717) is 24.0 Å². The Hall–Kier alpha value is -1.89. The smallest absolute Gasteiger partial charge is 0.387 e. The number of benzene rings is 1. The maximum Gasteiger partial charge on any atom is 0.387 e. The number of nitrogens with zero attached hydrogens (tertiary/aromatic N) is 2. The fourth-order valence-corrected chi connectivity index (χ4v) is 3.18. The first-order chi connectivity index (χ1) is 12.6. The van der Waals surface area contributed by atoms with Crippen LogP contribution in [0.2, 0.25) is 0 Å². The van der Waals surface area contributed by atoms with Crippen LogP contribution in [-0.4, -0.2) is 50.7 Å². The molecule has 0 bridgehead atoms. The molecule has 26 heavy (non-hydrogen) atoms. The number of ether oxygens (including phenoxy) is 1. The van der Waals surface area contributed by atoms with E-state index in [-0.39, 0.29) is 5.75 Å². The number of hydrogen-bond acceptors (Lipinski definition) is 3. The van der Waals surface area contributed by atoms with E-state index in [1.165, 1.54) is 32.4 Å². The van der Waals surface area contributed by atoms with E-state index in [1.807, 2.05) is 0 Å². The van der Waals surface area contributed by atoms with E-state index in [2.05, 4.69) is 32.2 Å². The van der Waals surface area contributed by atoms with Crippen LogP contribution in [0.4, 0.5) is 8.78 Å². The van der Waals surface area contributed by atoms with Gasteiger partial charge in [-0.15, -0.1) is 0 Å². The number of likely N-dealkylation sites (tertiary alicyclic amines) is 1. The predicted molar refractivity (Wildman–Crippen MR) is 101 cm³/mol.